The Bertz CT molecular complexity index is 512. The fourth-order valence-electron chi connectivity index (χ4n) is 1.53. The molecule has 0 radical (unpaired) electrons. The summed E-state index contributed by atoms with van der Waals surface area (Å²) in [5.74, 6) is -1.22. The third-order valence-electron chi connectivity index (χ3n) is 2.29. The molecular weight excluding hydrogens is 258 g/mol. The number of nitriles is 1. The van der Waals surface area contributed by atoms with Gasteiger partial charge in [0.25, 0.3) is 0 Å². The van der Waals surface area contributed by atoms with Gasteiger partial charge in [-0.15, -0.1) is 0 Å². The van der Waals surface area contributed by atoms with E-state index < -0.39 is 18.3 Å². The van der Waals surface area contributed by atoms with Crippen LogP contribution in [0.25, 0.3) is 0 Å². The van der Waals surface area contributed by atoms with E-state index in [0.29, 0.717) is 0 Å². The highest BCUT2D eigenvalue weighted by atomic mass is 19.3. The summed E-state index contributed by atoms with van der Waals surface area (Å²) in [5.41, 5.74) is 5.36. The number of esters is 1. The fraction of sp³-hybridized carbons (Fsp3) is 0.333. The minimum atomic E-state index is -3.13. The standard InChI is InChI=1S/C12H12F2N2O3/c1-2-18-11(17)8-4-3-7(5-15)9(6-16)10(8)19-12(13)14/h3-4,12H,2,6,16H2,1H3. The molecule has 0 atom stereocenters. The summed E-state index contributed by atoms with van der Waals surface area (Å²) in [4.78, 5) is 11.6. The van der Waals surface area contributed by atoms with Crippen LogP contribution in [0.15, 0.2) is 12.1 Å². The Morgan fingerprint density at radius 2 is 2.21 bits per heavy atom. The minimum Gasteiger partial charge on any atom is -0.462 e. The van der Waals surface area contributed by atoms with Crippen molar-refractivity contribution in [2.45, 2.75) is 20.1 Å². The molecular formula is C12H12F2N2O3. The van der Waals surface area contributed by atoms with Gasteiger partial charge in [-0.1, -0.05) is 0 Å². The van der Waals surface area contributed by atoms with E-state index in [-0.39, 0.29) is 29.8 Å². The van der Waals surface area contributed by atoms with E-state index >= 15 is 0 Å². The van der Waals surface area contributed by atoms with E-state index in [2.05, 4.69) is 4.74 Å². The van der Waals surface area contributed by atoms with Gasteiger partial charge in [0.15, 0.2) is 0 Å². The van der Waals surface area contributed by atoms with Crippen molar-refractivity contribution in [3.8, 4) is 11.8 Å². The maximum Gasteiger partial charge on any atom is 0.387 e. The van der Waals surface area contributed by atoms with Crippen molar-refractivity contribution in [2.75, 3.05) is 6.61 Å². The van der Waals surface area contributed by atoms with Crippen LogP contribution in [0, 0.1) is 11.3 Å². The van der Waals surface area contributed by atoms with Crippen molar-refractivity contribution in [3.05, 3.63) is 28.8 Å². The lowest BCUT2D eigenvalue weighted by Crippen LogP contribution is -2.15. The second-order valence-electron chi connectivity index (χ2n) is 3.38. The number of rotatable bonds is 5. The van der Waals surface area contributed by atoms with E-state index in [1.54, 1.807) is 13.0 Å². The topological polar surface area (TPSA) is 85.3 Å². The number of benzene rings is 1. The van der Waals surface area contributed by atoms with Crippen molar-refractivity contribution in [3.63, 3.8) is 0 Å². The third kappa shape index (κ3) is 3.39. The lowest BCUT2D eigenvalue weighted by molar-refractivity contribution is -0.0510. The van der Waals surface area contributed by atoms with Crippen LogP contribution in [0.2, 0.25) is 0 Å². The van der Waals surface area contributed by atoms with Gasteiger partial charge in [0.2, 0.25) is 0 Å². The smallest absolute Gasteiger partial charge is 0.387 e. The highest BCUT2D eigenvalue weighted by Crippen LogP contribution is 2.29. The van der Waals surface area contributed by atoms with Crippen LogP contribution in [-0.4, -0.2) is 19.2 Å². The van der Waals surface area contributed by atoms with Crippen LogP contribution >= 0.6 is 0 Å². The van der Waals surface area contributed by atoms with E-state index in [1.165, 1.54) is 12.1 Å². The van der Waals surface area contributed by atoms with Crippen LogP contribution in [-0.2, 0) is 11.3 Å². The van der Waals surface area contributed by atoms with Crippen molar-refractivity contribution in [1.29, 1.82) is 5.26 Å². The van der Waals surface area contributed by atoms with E-state index in [9.17, 15) is 13.6 Å². The second-order valence-corrected chi connectivity index (χ2v) is 3.38. The lowest BCUT2D eigenvalue weighted by Gasteiger charge is -2.14. The molecule has 1 aromatic carbocycles. The second kappa shape index (κ2) is 6.66. The Morgan fingerprint density at radius 1 is 1.53 bits per heavy atom. The molecule has 5 nitrogen and oxygen atoms in total. The van der Waals surface area contributed by atoms with Gasteiger partial charge in [0.1, 0.15) is 11.3 Å². The third-order valence-corrected chi connectivity index (χ3v) is 2.29. The molecule has 0 aliphatic rings. The Balaban J connectivity index is 3.38. The Kier molecular flexibility index (Phi) is 5.21. The van der Waals surface area contributed by atoms with Gasteiger partial charge < -0.3 is 15.2 Å². The van der Waals surface area contributed by atoms with Gasteiger partial charge >= 0.3 is 12.6 Å². The summed E-state index contributed by atoms with van der Waals surface area (Å²) in [6.07, 6.45) is 0. The monoisotopic (exact) mass is 270 g/mol. The van der Waals surface area contributed by atoms with E-state index in [0.717, 1.165) is 0 Å². The largest absolute Gasteiger partial charge is 0.462 e. The summed E-state index contributed by atoms with van der Waals surface area (Å²) in [6, 6.07) is 4.32. The van der Waals surface area contributed by atoms with Gasteiger partial charge in [0.05, 0.1) is 18.2 Å². The van der Waals surface area contributed by atoms with Crippen LogP contribution in [0.3, 0.4) is 0 Å². The minimum absolute atomic E-state index is 0.0494. The number of hydrogen-bond acceptors (Lipinski definition) is 5. The number of nitrogens with zero attached hydrogens (tertiary/aromatic N) is 1. The molecule has 0 saturated heterocycles. The Hall–Kier alpha value is -2.20. The average molecular weight is 270 g/mol. The number of hydrogen-bond donors (Lipinski definition) is 1. The number of nitrogens with two attached hydrogens (primary N) is 1. The number of ether oxygens (including phenoxy) is 2. The molecule has 19 heavy (non-hydrogen) atoms. The van der Waals surface area contributed by atoms with Crippen LogP contribution in [0.4, 0.5) is 8.78 Å². The zero-order valence-corrected chi connectivity index (χ0v) is 10.2. The molecule has 2 N–H and O–H groups in total. The molecule has 0 bridgehead atoms. The number of carbonyl (C=O) groups excluding carboxylic acids is 1. The molecule has 7 heteroatoms. The van der Waals surface area contributed by atoms with E-state index in [4.69, 9.17) is 15.7 Å². The summed E-state index contributed by atoms with van der Waals surface area (Å²) in [6.45, 7) is -1.67. The summed E-state index contributed by atoms with van der Waals surface area (Å²) in [7, 11) is 0. The number of halogens is 2. The summed E-state index contributed by atoms with van der Waals surface area (Å²) < 4.78 is 33.9. The first-order valence-corrected chi connectivity index (χ1v) is 5.43. The van der Waals surface area contributed by atoms with Gasteiger partial charge in [-0.2, -0.15) is 14.0 Å². The lowest BCUT2D eigenvalue weighted by atomic mass is 10.0. The van der Waals surface area contributed by atoms with Crippen LogP contribution in [0.5, 0.6) is 5.75 Å². The van der Waals surface area contributed by atoms with Gasteiger partial charge in [0, 0.05) is 12.1 Å². The molecule has 0 saturated carbocycles. The van der Waals surface area contributed by atoms with Gasteiger partial charge in [-0.25, -0.2) is 4.79 Å². The first-order valence-electron chi connectivity index (χ1n) is 5.43. The molecule has 0 spiro atoms. The SMILES string of the molecule is CCOC(=O)c1ccc(C#N)c(CN)c1OC(F)F. The van der Waals surface area contributed by atoms with Crippen molar-refractivity contribution in [1.82, 2.24) is 0 Å². The predicted molar refractivity (Wildman–Crippen MR) is 61.6 cm³/mol. The quantitative estimate of drug-likeness (QED) is 0.824. The molecule has 1 aromatic rings. The van der Waals surface area contributed by atoms with Crippen molar-refractivity contribution in [2.24, 2.45) is 5.73 Å². The van der Waals surface area contributed by atoms with Crippen molar-refractivity contribution < 1.29 is 23.0 Å². The zero-order valence-electron chi connectivity index (χ0n) is 10.2. The Labute approximate surface area is 108 Å². The Morgan fingerprint density at radius 3 is 2.68 bits per heavy atom. The molecule has 0 fully saturated rings. The molecule has 0 unspecified atom stereocenters. The highest BCUT2D eigenvalue weighted by Gasteiger charge is 2.22. The molecule has 0 aliphatic carbocycles. The maximum absolute atomic E-state index is 12.4. The molecule has 102 valence electrons. The first-order chi connectivity index (χ1) is 9.04. The highest BCUT2D eigenvalue weighted by molar-refractivity contribution is 5.93. The van der Waals surface area contributed by atoms with Crippen LogP contribution < -0.4 is 10.5 Å². The fourth-order valence-corrected chi connectivity index (χ4v) is 1.53. The number of carbonyl (C=O) groups is 1. The normalized spacial score (nSPS) is 10.1. The zero-order chi connectivity index (χ0) is 14.4. The molecule has 0 aliphatic heterocycles. The molecule has 1 rings (SSSR count). The number of alkyl halides is 2. The maximum atomic E-state index is 12.4. The van der Waals surface area contributed by atoms with Crippen molar-refractivity contribution >= 4 is 5.97 Å². The summed E-state index contributed by atoms with van der Waals surface area (Å²) >= 11 is 0. The van der Waals surface area contributed by atoms with Gasteiger partial charge in [-0.05, 0) is 19.1 Å². The van der Waals surface area contributed by atoms with Crippen LogP contribution in [0.1, 0.15) is 28.4 Å². The molecule has 0 heterocycles. The molecule has 0 amide bonds. The summed E-state index contributed by atoms with van der Waals surface area (Å²) in [5, 5.41) is 8.88. The van der Waals surface area contributed by atoms with Gasteiger partial charge in [-0.3, -0.25) is 0 Å². The first kappa shape index (κ1) is 14.9. The predicted octanol–water partition coefficient (Wildman–Crippen LogP) is 1.80. The molecule has 0 aromatic heterocycles. The van der Waals surface area contributed by atoms with E-state index in [1.807, 2.05) is 0 Å². The average Bonchev–Trinajstić information content (AvgIpc) is 2.37.